The van der Waals surface area contributed by atoms with Crippen molar-refractivity contribution in [2.24, 2.45) is 11.5 Å². The van der Waals surface area contributed by atoms with E-state index in [4.69, 9.17) is 11.5 Å². The fourth-order valence-corrected chi connectivity index (χ4v) is 4.49. The third-order valence-electron chi connectivity index (χ3n) is 6.58. The van der Waals surface area contributed by atoms with Crippen LogP contribution in [0.25, 0.3) is 0 Å². The highest BCUT2D eigenvalue weighted by Gasteiger charge is 2.38. The molecule has 1 aliphatic rings. The van der Waals surface area contributed by atoms with Gasteiger partial charge in [-0.2, -0.15) is 0 Å². The number of nitrogens with zero attached hydrogens (tertiary/aromatic N) is 1. The molecule has 0 radical (unpaired) electrons. The molecule has 9 N–H and O–H groups in total. The molecule has 1 aliphatic heterocycles. The van der Waals surface area contributed by atoms with Crippen molar-refractivity contribution in [1.82, 2.24) is 15.5 Å². The van der Waals surface area contributed by atoms with Gasteiger partial charge in [0, 0.05) is 19.4 Å². The lowest BCUT2D eigenvalue weighted by atomic mass is 10.0. The van der Waals surface area contributed by atoms with Crippen molar-refractivity contribution in [3.8, 4) is 11.5 Å². The number of hydrogen-bond acceptors (Lipinski definition) is 8. The maximum absolute atomic E-state index is 13.5. The second-order valence-electron chi connectivity index (χ2n) is 9.67. The number of phenols is 2. The van der Waals surface area contributed by atoms with E-state index in [2.05, 4.69) is 10.6 Å². The molecular weight excluding hydrogens is 522 g/mol. The minimum atomic E-state index is -1.32. The highest BCUT2D eigenvalue weighted by atomic mass is 16.4. The number of nitrogens with two attached hydrogens (primary N) is 2. The Morgan fingerprint density at radius 2 is 1.35 bits per heavy atom. The van der Waals surface area contributed by atoms with Gasteiger partial charge in [-0.25, -0.2) is 4.79 Å². The normalized spacial score (nSPS) is 16.9. The molecule has 3 rings (SSSR count). The number of hydrogen-bond donors (Lipinski definition) is 7. The summed E-state index contributed by atoms with van der Waals surface area (Å²) in [5, 5.41) is 33.9. The topological polar surface area (TPSA) is 225 Å². The zero-order valence-electron chi connectivity index (χ0n) is 21.7. The minimum Gasteiger partial charge on any atom is -0.508 e. The first-order chi connectivity index (χ1) is 18.9. The Kier molecular flexibility index (Phi) is 10.0. The average Bonchev–Trinajstić information content (AvgIpc) is 3.40. The SMILES string of the molecule is NC(=O)CC(N)C(=O)NC(Cc1ccc(O)cc1)C(=O)NC(Cc1ccc(O)cc1)C(=O)N1CCCC1C(=O)O. The Morgan fingerprint density at radius 1 is 0.850 bits per heavy atom. The molecule has 13 nitrogen and oxygen atoms in total. The van der Waals surface area contributed by atoms with Crippen LogP contribution >= 0.6 is 0 Å². The van der Waals surface area contributed by atoms with Gasteiger partial charge in [-0.15, -0.1) is 0 Å². The summed E-state index contributed by atoms with van der Waals surface area (Å²) in [6, 6.07) is 7.08. The molecule has 0 spiro atoms. The third kappa shape index (κ3) is 8.17. The van der Waals surface area contributed by atoms with Crippen molar-refractivity contribution >= 4 is 29.6 Å². The average molecular weight is 556 g/mol. The summed E-state index contributed by atoms with van der Waals surface area (Å²) in [5.74, 6) is -4.13. The van der Waals surface area contributed by atoms with Gasteiger partial charge in [-0.05, 0) is 48.2 Å². The molecule has 214 valence electrons. The van der Waals surface area contributed by atoms with Crippen molar-refractivity contribution in [1.29, 1.82) is 0 Å². The summed E-state index contributed by atoms with van der Waals surface area (Å²) >= 11 is 0. The summed E-state index contributed by atoms with van der Waals surface area (Å²) in [4.78, 5) is 64.0. The number of aromatic hydroxyl groups is 2. The fourth-order valence-electron chi connectivity index (χ4n) is 4.49. The van der Waals surface area contributed by atoms with E-state index in [0.29, 0.717) is 17.5 Å². The van der Waals surface area contributed by atoms with Crippen molar-refractivity contribution < 1.29 is 39.3 Å². The maximum atomic E-state index is 13.5. The Bertz CT molecular complexity index is 1230. The van der Waals surface area contributed by atoms with E-state index < -0.39 is 60.2 Å². The number of benzene rings is 2. The molecule has 40 heavy (non-hydrogen) atoms. The lowest BCUT2D eigenvalue weighted by Gasteiger charge is -2.29. The molecular formula is C27H33N5O8. The van der Waals surface area contributed by atoms with Crippen LogP contribution in [0.15, 0.2) is 48.5 Å². The van der Waals surface area contributed by atoms with Gasteiger partial charge >= 0.3 is 5.97 Å². The second-order valence-corrected chi connectivity index (χ2v) is 9.67. The Morgan fingerprint density at radius 3 is 1.85 bits per heavy atom. The Balaban J connectivity index is 1.88. The first kappa shape index (κ1) is 29.9. The predicted octanol–water partition coefficient (Wildman–Crippen LogP) is -0.869. The van der Waals surface area contributed by atoms with E-state index >= 15 is 0 Å². The summed E-state index contributed by atoms with van der Waals surface area (Å²) < 4.78 is 0. The van der Waals surface area contributed by atoms with Crippen LogP contribution in [-0.2, 0) is 36.8 Å². The molecule has 4 atom stereocenters. The second kappa shape index (κ2) is 13.4. The van der Waals surface area contributed by atoms with Gasteiger partial charge in [0.2, 0.25) is 23.6 Å². The number of carbonyl (C=O) groups is 5. The number of primary amides is 1. The van der Waals surface area contributed by atoms with Crippen molar-refractivity contribution in [2.75, 3.05) is 6.54 Å². The highest BCUT2D eigenvalue weighted by Crippen LogP contribution is 2.21. The van der Waals surface area contributed by atoms with Crippen molar-refractivity contribution in [3.63, 3.8) is 0 Å². The fraction of sp³-hybridized carbons (Fsp3) is 0.370. The van der Waals surface area contributed by atoms with E-state index in [1.54, 1.807) is 24.3 Å². The molecule has 1 heterocycles. The number of amides is 4. The highest BCUT2D eigenvalue weighted by molar-refractivity contribution is 5.95. The summed E-state index contributed by atoms with van der Waals surface area (Å²) in [5.41, 5.74) is 12.0. The molecule has 0 aliphatic carbocycles. The monoisotopic (exact) mass is 555 g/mol. The van der Waals surface area contributed by atoms with E-state index in [9.17, 15) is 39.3 Å². The van der Waals surface area contributed by atoms with Crippen LogP contribution in [0, 0.1) is 0 Å². The number of phenolic OH excluding ortho intramolecular Hbond substituents is 2. The van der Waals surface area contributed by atoms with Gasteiger partial charge in [0.05, 0.1) is 12.5 Å². The van der Waals surface area contributed by atoms with Gasteiger partial charge in [-0.1, -0.05) is 24.3 Å². The van der Waals surface area contributed by atoms with E-state index in [-0.39, 0.29) is 37.3 Å². The molecule has 1 saturated heterocycles. The van der Waals surface area contributed by atoms with Gasteiger partial charge in [-0.3, -0.25) is 19.2 Å². The Hall–Kier alpha value is -4.65. The van der Waals surface area contributed by atoms with Crippen LogP contribution in [0.1, 0.15) is 30.4 Å². The summed E-state index contributed by atoms with van der Waals surface area (Å²) in [6.07, 6.45) is 0.239. The van der Waals surface area contributed by atoms with Crippen LogP contribution in [0.3, 0.4) is 0 Å². The van der Waals surface area contributed by atoms with Crippen molar-refractivity contribution in [2.45, 2.75) is 56.3 Å². The lowest BCUT2D eigenvalue weighted by Crippen LogP contribution is -2.58. The van der Waals surface area contributed by atoms with Crippen LogP contribution < -0.4 is 22.1 Å². The van der Waals surface area contributed by atoms with Gasteiger partial charge < -0.3 is 42.3 Å². The number of carboxylic acids is 1. The third-order valence-corrected chi connectivity index (χ3v) is 6.58. The maximum Gasteiger partial charge on any atom is 0.326 e. The van der Waals surface area contributed by atoms with Crippen LogP contribution in [-0.4, -0.2) is 80.5 Å². The molecule has 2 aromatic rings. The van der Waals surface area contributed by atoms with Gasteiger partial charge in [0.1, 0.15) is 29.6 Å². The zero-order valence-corrected chi connectivity index (χ0v) is 21.7. The molecule has 0 bridgehead atoms. The minimum absolute atomic E-state index is 0.00424. The number of aliphatic carboxylic acids is 1. The van der Waals surface area contributed by atoms with E-state index in [1.165, 1.54) is 29.2 Å². The molecule has 0 saturated carbocycles. The smallest absolute Gasteiger partial charge is 0.326 e. The van der Waals surface area contributed by atoms with Gasteiger partial charge in [0.25, 0.3) is 0 Å². The number of carboxylic acid groups (broad SMARTS) is 1. The van der Waals surface area contributed by atoms with Crippen LogP contribution in [0.4, 0.5) is 0 Å². The first-order valence-corrected chi connectivity index (χ1v) is 12.7. The Labute approximate surface area is 230 Å². The molecule has 13 heteroatoms. The number of carbonyl (C=O) groups excluding carboxylic acids is 4. The predicted molar refractivity (Wildman–Crippen MR) is 142 cm³/mol. The summed E-state index contributed by atoms with van der Waals surface area (Å²) in [7, 11) is 0. The van der Waals surface area contributed by atoms with E-state index in [0.717, 1.165) is 0 Å². The molecule has 2 aromatic carbocycles. The van der Waals surface area contributed by atoms with Gasteiger partial charge in [0.15, 0.2) is 0 Å². The number of nitrogens with one attached hydrogen (secondary N) is 2. The molecule has 0 aromatic heterocycles. The zero-order chi connectivity index (χ0) is 29.4. The number of rotatable bonds is 12. The first-order valence-electron chi connectivity index (χ1n) is 12.7. The van der Waals surface area contributed by atoms with Crippen LogP contribution in [0.5, 0.6) is 11.5 Å². The summed E-state index contributed by atoms with van der Waals surface area (Å²) in [6.45, 7) is 0.202. The largest absolute Gasteiger partial charge is 0.508 e. The lowest BCUT2D eigenvalue weighted by molar-refractivity contribution is -0.149. The number of likely N-dealkylation sites (tertiary alicyclic amines) is 1. The quantitative estimate of drug-likeness (QED) is 0.172. The molecule has 4 amide bonds. The standard InChI is InChI=1S/C27H33N5O8/c28-19(14-23(29)35)24(36)30-20(12-15-3-7-17(33)8-4-15)25(37)31-21(13-16-5-9-18(34)10-6-16)26(38)32-11-1-2-22(32)27(39)40/h3-10,19-22,33-34H,1-2,11-14,28H2,(H2,29,35)(H,30,36)(H,31,37)(H,39,40). The van der Waals surface area contributed by atoms with E-state index in [1.807, 2.05) is 0 Å². The molecule has 4 unspecified atom stereocenters. The van der Waals surface area contributed by atoms with Crippen LogP contribution in [0.2, 0.25) is 0 Å². The van der Waals surface area contributed by atoms with Crippen molar-refractivity contribution in [3.05, 3.63) is 59.7 Å². The molecule has 1 fully saturated rings.